The predicted octanol–water partition coefficient (Wildman–Crippen LogP) is 9.31. The van der Waals surface area contributed by atoms with Gasteiger partial charge in [-0.1, -0.05) is 37.4 Å². The quantitative estimate of drug-likeness (QED) is 0.0718. The summed E-state index contributed by atoms with van der Waals surface area (Å²) in [6.45, 7) is 9.62. The molecule has 4 aromatic carbocycles. The van der Waals surface area contributed by atoms with E-state index >= 15 is 13.2 Å². The summed E-state index contributed by atoms with van der Waals surface area (Å²) < 4.78 is 91.5. The molecule has 0 aliphatic carbocycles. The van der Waals surface area contributed by atoms with E-state index in [1.165, 1.54) is 52.5 Å². The lowest BCUT2D eigenvalue weighted by Crippen LogP contribution is -2.55. The van der Waals surface area contributed by atoms with Gasteiger partial charge in [-0.15, -0.1) is 0 Å². The van der Waals surface area contributed by atoms with Crippen molar-refractivity contribution in [3.8, 4) is 57.9 Å². The minimum Gasteiger partial charge on any atom is -0.508 e. The number of phenolic OH excluding ortho intramolecular Hbond substituents is 2. The van der Waals surface area contributed by atoms with Gasteiger partial charge < -0.3 is 44.2 Å². The number of aryl methyl sites for hydroxylation is 1. The van der Waals surface area contributed by atoms with Crippen LogP contribution in [0.4, 0.5) is 33.6 Å². The van der Waals surface area contributed by atoms with Gasteiger partial charge in [0.25, 0.3) is 11.8 Å². The van der Waals surface area contributed by atoms with Crippen LogP contribution in [0.3, 0.4) is 0 Å². The number of aromatic hydroxyl groups is 2. The first kappa shape index (κ1) is 60.4. The molecule has 2 amide bonds. The highest BCUT2D eigenvalue weighted by Gasteiger charge is 2.38. The average Bonchev–Trinajstić information content (AvgIpc) is 2.30. The molecule has 4 aromatic heterocycles. The number of piperazine rings is 2. The van der Waals surface area contributed by atoms with Crippen molar-refractivity contribution >= 4 is 67.1 Å². The van der Waals surface area contributed by atoms with E-state index in [-0.39, 0.29) is 163 Å². The first-order valence-electron chi connectivity index (χ1n) is 29.4. The molecule has 2 N–H and O–H groups in total. The largest absolute Gasteiger partial charge is 0.508 e. The van der Waals surface area contributed by atoms with Crippen LogP contribution in [0.25, 0.3) is 65.9 Å². The molecule has 462 valence electrons. The van der Waals surface area contributed by atoms with Crippen molar-refractivity contribution in [1.29, 1.82) is 10.5 Å². The average molecular weight is 1230 g/mol. The second-order valence-electron chi connectivity index (χ2n) is 23.4. The van der Waals surface area contributed by atoms with Crippen LogP contribution >= 0.6 is 0 Å². The van der Waals surface area contributed by atoms with Crippen LogP contribution in [0.15, 0.2) is 91.8 Å². The standard InChI is InChI=1S/C65H61F5N14O6/c1-34-52(68)12-11-37-23-43(85)26-49(53(34)37)51-28-74-59-57(55(51)70)76-65(78-61(59)82-19-21-84(63(88)36(3)67)40(31-82)14-16-72)90-33-42-22-38(29-80(42)5)45-9-6-10-46-47(45)24-44(86)25-48(46)50-27-73-58-56(54(50)69)75-64(89-32-41-8-7-17-79(41)4)77-60(58)81-18-20-83(62(87)35(2)66)39(30-81)13-15-71/h6,9-12,23-28,38-42,85-86H,2-3,7-8,13-14,17-22,29-33H2,1,4-5H3/t38?,39?,40?,41?,42-/m0/s1. The van der Waals surface area contributed by atoms with Gasteiger partial charge in [0, 0.05) is 81.4 Å². The number of halogens is 5. The number of hydrogen-bond donors (Lipinski definition) is 2. The number of anilines is 2. The number of phenols is 2. The van der Waals surface area contributed by atoms with Crippen molar-refractivity contribution in [1.82, 2.24) is 49.5 Å². The van der Waals surface area contributed by atoms with Crippen LogP contribution in [-0.4, -0.2) is 175 Å². The summed E-state index contributed by atoms with van der Waals surface area (Å²) in [5.41, 5.74) is 1.08. The Morgan fingerprint density at radius 2 is 1.20 bits per heavy atom. The van der Waals surface area contributed by atoms with Crippen LogP contribution in [0.1, 0.15) is 49.1 Å². The van der Waals surface area contributed by atoms with Crippen LogP contribution in [0.5, 0.6) is 23.5 Å². The van der Waals surface area contributed by atoms with E-state index in [1.807, 2.05) is 32.3 Å². The van der Waals surface area contributed by atoms with E-state index in [0.29, 0.717) is 40.1 Å². The number of ether oxygens (including phenoxy) is 2. The number of amides is 2. The SMILES string of the molecule is C=C(F)C(=O)N1CCN(c2nc(OCC3CCCN3C)nc3c(F)c(-c4cc(O)cc5c(C6C[C@@H](COc7nc(N8CCN(C(=O)C(=C)F)C(CC#N)C8)c8ncc(-c9cc(O)cc%10ccc(F)c(C)c9%10)c(F)c8n7)N(C)C6)cccc45)cnc23)CC1CC#N. The molecule has 5 atom stereocenters. The molecular weight excluding hydrogens is 1170 g/mol. The summed E-state index contributed by atoms with van der Waals surface area (Å²) in [5, 5.41) is 43.9. The van der Waals surface area contributed by atoms with Crippen molar-refractivity contribution in [3.05, 3.63) is 120 Å². The Kier molecular flexibility index (Phi) is 16.5. The number of carbonyl (C=O) groups excluding carboxylic acids is 2. The molecule has 4 fully saturated rings. The molecule has 8 heterocycles. The van der Waals surface area contributed by atoms with Gasteiger partial charge >= 0.3 is 12.0 Å². The van der Waals surface area contributed by atoms with Crippen LogP contribution in [0, 0.1) is 47.0 Å². The Morgan fingerprint density at radius 3 is 1.76 bits per heavy atom. The van der Waals surface area contributed by atoms with Crippen molar-refractivity contribution in [3.63, 3.8) is 0 Å². The first-order valence-corrected chi connectivity index (χ1v) is 29.4. The zero-order valence-electron chi connectivity index (χ0n) is 49.4. The molecule has 0 bridgehead atoms. The number of aromatic nitrogens is 6. The first-order chi connectivity index (χ1) is 43.3. The van der Waals surface area contributed by atoms with Gasteiger partial charge in [-0.3, -0.25) is 14.5 Å². The summed E-state index contributed by atoms with van der Waals surface area (Å²) in [4.78, 5) is 64.1. The number of hydrogen-bond acceptors (Lipinski definition) is 18. The summed E-state index contributed by atoms with van der Waals surface area (Å²) in [7, 11) is 3.90. The van der Waals surface area contributed by atoms with E-state index in [2.05, 4.69) is 50.0 Å². The summed E-state index contributed by atoms with van der Waals surface area (Å²) in [6, 6.07) is 16.2. The lowest BCUT2D eigenvalue weighted by molar-refractivity contribution is -0.132. The Labute approximate surface area is 513 Å². The highest BCUT2D eigenvalue weighted by molar-refractivity contribution is 6.03. The fourth-order valence-electron chi connectivity index (χ4n) is 13.3. The molecule has 25 heteroatoms. The van der Waals surface area contributed by atoms with Crippen LogP contribution < -0.4 is 19.3 Å². The molecule has 12 rings (SSSR count). The molecule has 0 spiro atoms. The lowest BCUT2D eigenvalue weighted by atomic mass is 9.88. The smallest absolute Gasteiger partial charge is 0.319 e. The Hall–Kier alpha value is -9.85. The molecule has 8 aromatic rings. The van der Waals surface area contributed by atoms with Gasteiger partial charge in [-0.2, -0.15) is 30.5 Å². The number of fused-ring (bicyclic) bond motifs is 4. The summed E-state index contributed by atoms with van der Waals surface area (Å²) in [5.74, 6) is -6.65. The Balaban J connectivity index is 0.866. The molecule has 4 aliphatic heterocycles. The third kappa shape index (κ3) is 11.3. The molecule has 20 nitrogen and oxygen atoms in total. The van der Waals surface area contributed by atoms with Gasteiger partial charge in [0.2, 0.25) is 0 Å². The number of pyridine rings is 2. The van der Waals surface area contributed by atoms with Crippen molar-refractivity contribution < 1.29 is 51.2 Å². The van der Waals surface area contributed by atoms with Gasteiger partial charge in [0.1, 0.15) is 52.6 Å². The molecule has 4 saturated heterocycles. The van der Waals surface area contributed by atoms with Crippen LogP contribution in [-0.2, 0) is 9.59 Å². The highest BCUT2D eigenvalue weighted by atomic mass is 19.1. The minimum absolute atomic E-state index is 0.00379. The predicted molar refractivity (Wildman–Crippen MR) is 325 cm³/mol. The maximum Gasteiger partial charge on any atom is 0.319 e. The molecule has 4 unspecified atom stereocenters. The zero-order valence-corrected chi connectivity index (χ0v) is 49.4. The Morgan fingerprint density at radius 1 is 0.644 bits per heavy atom. The number of likely N-dealkylation sites (tertiary alicyclic amines) is 2. The lowest BCUT2D eigenvalue weighted by Gasteiger charge is -2.41. The van der Waals surface area contributed by atoms with Crippen molar-refractivity contribution in [2.24, 2.45) is 0 Å². The third-order valence-electron chi connectivity index (χ3n) is 17.9. The number of benzene rings is 4. The number of carbonyl (C=O) groups is 2. The second kappa shape index (κ2) is 24.6. The molecule has 0 saturated carbocycles. The summed E-state index contributed by atoms with van der Waals surface area (Å²) in [6.07, 6.45) is 4.64. The monoisotopic (exact) mass is 1230 g/mol. The van der Waals surface area contributed by atoms with E-state index in [1.54, 1.807) is 22.8 Å². The van der Waals surface area contributed by atoms with Gasteiger partial charge in [0.05, 0.1) is 37.1 Å². The van der Waals surface area contributed by atoms with Gasteiger partial charge in [-0.05, 0) is 127 Å². The fourth-order valence-corrected chi connectivity index (χ4v) is 13.3. The highest BCUT2D eigenvalue weighted by Crippen LogP contribution is 2.44. The van der Waals surface area contributed by atoms with Crippen LogP contribution in [0.2, 0.25) is 0 Å². The van der Waals surface area contributed by atoms with E-state index in [4.69, 9.17) is 24.4 Å². The fraction of sp³-hybridized carbons (Fsp3) is 0.354. The summed E-state index contributed by atoms with van der Waals surface area (Å²) >= 11 is 0. The number of rotatable bonds is 15. The minimum atomic E-state index is -1.19. The number of nitrogens with zero attached hydrogens (tertiary/aromatic N) is 14. The van der Waals surface area contributed by atoms with E-state index in [9.17, 15) is 39.1 Å². The number of likely N-dealkylation sites (N-methyl/N-ethyl adjacent to an activating group) is 2. The van der Waals surface area contributed by atoms with Crippen molar-refractivity contribution in [2.45, 2.75) is 69.1 Å². The second-order valence-corrected chi connectivity index (χ2v) is 23.4. The van der Waals surface area contributed by atoms with Gasteiger partial charge in [-0.25, -0.2) is 31.9 Å². The van der Waals surface area contributed by atoms with Crippen molar-refractivity contribution in [2.75, 3.05) is 89.5 Å². The number of nitriles is 2. The van der Waals surface area contributed by atoms with E-state index < -0.39 is 53.0 Å². The van der Waals surface area contributed by atoms with E-state index in [0.717, 1.165) is 24.9 Å². The maximum atomic E-state index is 17.7. The zero-order chi connectivity index (χ0) is 63.4. The molecule has 0 radical (unpaired) electrons. The third-order valence-corrected chi connectivity index (χ3v) is 17.9. The molecule has 4 aliphatic rings. The normalized spacial score (nSPS) is 19.9. The van der Waals surface area contributed by atoms with Gasteiger partial charge in [0.15, 0.2) is 34.9 Å². The molecular formula is C65H61F5N14O6. The topological polar surface area (TPSA) is 237 Å². The Bertz CT molecular complexity index is 4360. The maximum absolute atomic E-state index is 17.7. The molecule has 90 heavy (non-hydrogen) atoms.